The number of hydrogen-bond acceptors (Lipinski definition) is 4. The van der Waals surface area contributed by atoms with E-state index in [1.807, 2.05) is 13.0 Å². The van der Waals surface area contributed by atoms with Crippen molar-refractivity contribution in [1.82, 2.24) is 9.97 Å². The number of ether oxygens (including phenoxy) is 1. The molecule has 1 saturated carbocycles. The second kappa shape index (κ2) is 6.05. The monoisotopic (exact) mass is 255 g/mol. The van der Waals surface area contributed by atoms with Gasteiger partial charge in [0.1, 0.15) is 12.1 Å². The van der Waals surface area contributed by atoms with E-state index in [-0.39, 0.29) is 0 Å². The van der Waals surface area contributed by atoms with E-state index in [4.69, 9.17) is 16.3 Å². The fourth-order valence-electron chi connectivity index (χ4n) is 2.05. The van der Waals surface area contributed by atoms with Crippen LogP contribution in [-0.4, -0.2) is 28.0 Å². The fraction of sp³-hybridized carbons (Fsp3) is 0.667. The van der Waals surface area contributed by atoms with Crippen LogP contribution in [-0.2, 0) is 0 Å². The summed E-state index contributed by atoms with van der Waals surface area (Å²) in [5.74, 6) is 1.46. The standard InChI is InChI=1S/C12H18ClN3O/c1-2-17-12-7-11(14-8-15-12)16-10-5-3-9(13)4-6-10/h7-10H,2-6H2,1H3,(H,14,15,16). The summed E-state index contributed by atoms with van der Waals surface area (Å²) in [6.45, 7) is 2.56. The first-order valence-electron chi connectivity index (χ1n) is 6.13. The number of nitrogens with zero attached hydrogens (tertiary/aromatic N) is 2. The molecule has 0 aliphatic heterocycles. The van der Waals surface area contributed by atoms with Crippen molar-refractivity contribution in [3.63, 3.8) is 0 Å². The number of rotatable bonds is 4. The van der Waals surface area contributed by atoms with Gasteiger partial charge in [-0.3, -0.25) is 0 Å². The predicted octanol–water partition coefficient (Wildman–Crippen LogP) is 2.84. The quantitative estimate of drug-likeness (QED) is 0.841. The highest BCUT2D eigenvalue weighted by Gasteiger charge is 2.19. The summed E-state index contributed by atoms with van der Waals surface area (Å²) in [7, 11) is 0. The van der Waals surface area contributed by atoms with Crippen LogP contribution in [0.4, 0.5) is 5.82 Å². The van der Waals surface area contributed by atoms with Crippen molar-refractivity contribution in [3.05, 3.63) is 12.4 Å². The van der Waals surface area contributed by atoms with Crippen LogP contribution in [0.2, 0.25) is 0 Å². The minimum absolute atomic E-state index is 0.345. The van der Waals surface area contributed by atoms with Gasteiger partial charge in [-0.2, -0.15) is 0 Å². The lowest BCUT2D eigenvalue weighted by molar-refractivity contribution is 0.326. The maximum atomic E-state index is 6.08. The van der Waals surface area contributed by atoms with E-state index in [1.165, 1.54) is 6.33 Å². The van der Waals surface area contributed by atoms with Crippen LogP contribution >= 0.6 is 11.6 Å². The Kier molecular flexibility index (Phi) is 4.42. The summed E-state index contributed by atoms with van der Waals surface area (Å²) in [6, 6.07) is 2.31. The predicted molar refractivity (Wildman–Crippen MR) is 68.7 cm³/mol. The van der Waals surface area contributed by atoms with Crippen molar-refractivity contribution in [2.75, 3.05) is 11.9 Å². The van der Waals surface area contributed by atoms with Crippen molar-refractivity contribution in [1.29, 1.82) is 0 Å². The molecule has 5 heteroatoms. The summed E-state index contributed by atoms with van der Waals surface area (Å²) in [5, 5.41) is 3.76. The number of aromatic nitrogens is 2. The van der Waals surface area contributed by atoms with Gasteiger partial charge in [-0.05, 0) is 32.6 Å². The molecule has 1 heterocycles. The van der Waals surface area contributed by atoms with Crippen LogP contribution in [0.25, 0.3) is 0 Å². The second-order valence-corrected chi connectivity index (χ2v) is 4.88. The Morgan fingerprint density at radius 2 is 2.12 bits per heavy atom. The Balaban J connectivity index is 1.91. The van der Waals surface area contributed by atoms with Crippen LogP contribution in [0.15, 0.2) is 12.4 Å². The topological polar surface area (TPSA) is 47.0 Å². The van der Waals surface area contributed by atoms with Crippen LogP contribution in [0.1, 0.15) is 32.6 Å². The summed E-state index contributed by atoms with van der Waals surface area (Å²) < 4.78 is 5.34. The molecule has 1 N–H and O–H groups in total. The van der Waals surface area contributed by atoms with E-state index in [9.17, 15) is 0 Å². The van der Waals surface area contributed by atoms with Crippen molar-refractivity contribution < 1.29 is 4.74 Å². The van der Waals surface area contributed by atoms with Gasteiger partial charge in [0.05, 0.1) is 6.61 Å². The van der Waals surface area contributed by atoms with Gasteiger partial charge in [0.25, 0.3) is 0 Å². The normalized spacial score (nSPS) is 24.4. The third kappa shape index (κ3) is 3.73. The molecule has 94 valence electrons. The summed E-state index contributed by atoms with van der Waals surface area (Å²) >= 11 is 6.08. The molecule has 4 nitrogen and oxygen atoms in total. The van der Waals surface area contributed by atoms with Crippen LogP contribution in [0.5, 0.6) is 5.88 Å². The molecule has 1 aromatic heterocycles. The highest BCUT2D eigenvalue weighted by molar-refractivity contribution is 6.20. The molecule has 0 saturated heterocycles. The Labute approximate surface area is 107 Å². The summed E-state index contributed by atoms with van der Waals surface area (Å²) in [6.07, 6.45) is 5.87. The molecule has 0 atom stereocenters. The number of nitrogens with one attached hydrogen (secondary N) is 1. The molecule has 1 aliphatic carbocycles. The van der Waals surface area contributed by atoms with Gasteiger partial charge in [-0.25, -0.2) is 9.97 Å². The lowest BCUT2D eigenvalue weighted by Crippen LogP contribution is -2.26. The fourth-order valence-corrected chi connectivity index (χ4v) is 2.30. The van der Waals surface area contributed by atoms with Gasteiger partial charge < -0.3 is 10.1 Å². The highest BCUT2D eigenvalue weighted by Crippen LogP contribution is 2.25. The van der Waals surface area contributed by atoms with Gasteiger partial charge in [0.2, 0.25) is 5.88 Å². The number of alkyl halides is 1. The summed E-state index contributed by atoms with van der Waals surface area (Å²) in [4.78, 5) is 8.24. The number of anilines is 1. The zero-order chi connectivity index (χ0) is 12.1. The Hall–Kier alpha value is -1.03. The van der Waals surface area contributed by atoms with Crippen molar-refractivity contribution in [3.8, 4) is 5.88 Å². The Morgan fingerprint density at radius 3 is 2.82 bits per heavy atom. The average Bonchev–Trinajstić information content (AvgIpc) is 2.33. The second-order valence-electron chi connectivity index (χ2n) is 4.27. The van der Waals surface area contributed by atoms with Gasteiger partial charge >= 0.3 is 0 Å². The molecular weight excluding hydrogens is 238 g/mol. The molecule has 0 aromatic carbocycles. The van der Waals surface area contributed by atoms with Crippen molar-refractivity contribution >= 4 is 17.4 Å². The molecule has 0 bridgehead atoms. The van der Waals surface area contributed by atoms with E-state index in [0.29, 0.717) is 23.9 Å². The molecule has 0 radical (unpaired) electrons. The lowest BCUT2D eigenvalue weighted by Gasteiger charge is -2.26. The molecule has 0 amide bonds. The van der Waals surface area contributed by atoms with Gasteiger partial charge in [-0.1, -0.05) is 0 Å². The average molecular weight is 256 g/mol. The Morgan fingerprint density at radius 1 is 1.35 bits per heavy atom. The van der Waals surface area contributed by atoms with Crippen molar-refractivity contribution in [2.24, 2.45) is 0 Å². The van der Waals surface area contributed by atoms with E-state index in [2.05, 4.69) is 15.3 Å². The van der Waals surface area contributed by atoms with Gasteiger partial charge in [-0.15, -0.1) is 11.6 Å². The molecule has 0 unspecified atom stereocenters. The maximum absolute atomic E-state index is 6.08. The SMILES string of the molecule is CCOc1cc(NC2CCC(Cl)CC2)ncn1. The smallest absolute Gasteiger partial charge is 0.218 e. The first-order valence-corrected chi connectivity index (χ1v) is 6.57. The van der Waals surface area contributed by atoms with Crippen LogP contribution < -0.4 is 10.1 Å². The zero-order valence-corrected chi connectivity index (χ0v) is 10.8. The molecule has 2 rings (SSSR count). The molecule has 1 aromatic rings. The molecular formula is C12H18ClN3O. The van der Waals surface area contributed by atoms with Gasteiger partial charge in [0, 0.05) is 17.5 Å². The van der Waals surface area contributed by atoms with Crippen molar-refractivity contribution in [2.45, 2.75) is 44.0 Å². The Bertz CT molecular complexity index is 353. The van der Waals surface area contributed by atoms with E-state index in [1.54, 1.807) is 0 Å². The third-order valence-electron chi connectivity index (χ3n) is 2.94. The number of hydrogen-bond donors (Lipinski definition) is 1. The zero-order valence-electron chi connectivity index (χ0n) is 10.0. The number of halogens is 1. The van der Waals surface area contributed by atoms with E-state index in [0.717, 1.165) is 31.5 Å². The third-order valence-corrected chi connectivity index (χ3v) is 3.38. The summed E-state index contributed by atoms with van der Waals surface area (Å²) in [5.41, 5.74) is 0. The largest absolute Gasteiger partial charge is 0.478 e. The van der Waals surface area contributed by atoms with Crippen LogP contribution in [0.3, 0.4) is 0 Å². The van der Waals surface area contributed by atoms with E-state index >= 15 is 0 Å². The van der Waals surface area contributed by atoms with E-state index < -0.39 is 0 Å². The minimum atomic E-state index is 0.345. The first-order chi connectivity index (χ1) is 8.28. The highest BCUT2D eigenvalue weighted by atomic mass is 35.5. The molecule has 17 heavy (non-hydrogen) atoms. The minimum Gasteiger partial charge on any atom is -0.478 e. The maximum Gasteiger partial charge on any atom is 0.218 e. The molecule has 1 fully saturated rings. The van der Waals surface area contributed by atoms with Crippen LogP contribution in [0, 0.1) is 0 Å². The first kappa shape index (κ1) is 12.4. The molecule has 1 aliphatic rings. The van der Waals surface area contributed by atoms with Gasteiger partial charge in [0.15, 0.2) is 0 Å². The lowest BCUT2D eigenvalue weighted by atomic mass is 9.95. The molecule has 0 spiro atoms.